The molecule has 19 heavy (non-hydrogen) atoms. The van der Waals surface area contributed by atoms with Crippen molar-refractivity contribution in [1.82, 2.24) is 9.78 Å². The summed E-state index contributed by atoms with van der Waals surface area (Å²) in [6.07, 6.45) is 1.62. The molecular weight excluding hydrogens is 313 g/mol. The standard InChI is InChI=1S/C13H13BrFN3O/c1-17(2)10-6-13(19)18(16-7-10)8-9-3-4-12(15)11(14)5-9/h3-7H,8H2,1-2H3. The second-order valence-corrected chi connectivity index (χ2v) is 5.21. The highest BCUT2D eigenvalue weighted by Crippen LogP contribution is 2.17. The zero-order chi connectivity index (χ0) is 14.0. The maximum absolute atomic E-state index is 13.1. The molecule has 2 aromatic rings. The number of hydrogen-bond donors (Lipinski definition) is 0. The first-order valence-electron chi connectivity index (χ1n) is 5.66. The van der Waals surface area contributed by atoms with E-state index in [-0.39, 0.29) is 11.4 Å². The number of nitrogens with zero attached hydrogens (tertiary/aromatic N) is 3. The molecule has 0 unspecified atom stereocenters. The van der Waals surface area contributed by atoms with Crippen LogP contribution in [0.1, 0.15) is 5.56 Å². The minimum atomic E-state index is -0.327. The smallest absolute Gasteiger partial charge is 0.269 e. The Hall–Kier alpha value is -1.69. The first-order valence-corrected chi connectivity index (χ1v) is 6.45. The normalized spacial score (nSPS) is 10.5. The van der Waals surface area contributed by atoms with E-state index in [0.29, 0.717) is 11.0 Å². The molecule has 1 aromatic heterocycles. The first kappa shape index (κ1) is 13.7. The molecule has 6 heteroatoms. The van der Waals surface area contributed by atoms with E-state index in [9.17, 15) is 9.18 Å². The van der Waals surface area contributed by atoms with Crippen LogP contribution < -0.4 is 10.5 Å². The van der Waals surface area contributed by atoms with Gasteiger partial charge in [-0.3, -0.25) is 4.79 Å². The van der Waals surface area contributed by atoms with Gasteiger partial charge in [0.05, 0.1) is 22.9 Å². The van der Waals surface area contributed by atoms with Crippen LogP contribution in [0.5, 0.6) is 0 Å². The van der Waals surface area contributed by atoms with Crippen molar-refractivity contribution in [3.8, 4) is 0 Å². The Kier molecular flexibility index (Phi) is 3.99. The number of aromatic nitrogens is 2. The third kappa shape index (κ3) is 3.20. The molecule has 0 aliphatic heterocycles. The van der Waals surface area contributed by atoms with Gasteiger partial charge in [-0.15, -0.1) is 0 Å². The predicted octanol–water partition coefficient (Wildman–Crippen LogP) is 2.26. The lowest BCUT2D eigenvalue weighted by atomic mass is 10.2. The van der Waals surface area contributed by atoms with Crippen molar-refractivity contribution in [1.29, 1.82) is 0 Å². The molecule has 0 saturated heterocycles. The van der Waals surface area contributed by atoms with Crippen molar-refractivity contribution in [3.63, 3.8) is 0 Å². The molecule has 0 aliphatic carbocycles. The second-order valence-electron chi connectivity index (χ2n) is 4.35. The average Bonchev–Trinajstić information content (AvgIpc) is 2.36. The van der Waals surface area contributed by atoms with Crippen molar-refractivity contribution in [3.05, 3.63) is 56.7 Å². The molecule has 100 valence electrons. The van der Waals surface area contributed by atoms with Crippen LogP contribution >= 0.6 is 15.9 Å². The van der Waals surface area contributed by atoms with Crippen LogP contribution in [-0.2, 0) is 6.54 Å². The Morgan fingerprint density at radius 3 is 2.68 bits per heavy atom. The Bertz CT molecular complexity index is 655. The number of anilines is 1. The molecule has 0 N–H and O–H groups in total. The fourth-order valence-electron chi connectivity index (χ4n) is 1.60. The van der Waals surface area contributed by atoms with Gasteiger partial charge in [-0.05, 0) is 33.6 Å². The van der Waals surface area contributed by atoms with Gasteiger partial charge in [0, 0.05) is 20.2 Å². The van der Waals surface area contributed by atoms with Gasteiger partial charge in [0.2, 0.25) is 0 Å². The number of halogens is 2. The molecule has 4 nitrogen and oxygen atoms in total. The number of hydrogen-bond acceptors (Lipinski definition) is 3. The average molecular weight is 326 g/mol. The van der Waals surface area contributed by atoms with Crippen LogP contribution in [0.25, 0.3) is 0 Å². The van der Waals surface area contributed by atoms with Crippen molar-refractivity contribution < 1.29 is 4.39 Å². The third-order valence-electron chi connectivity index (χ3n) is 2.69. The molecule has 2 rings (SSSR count). The van der Waals surface area contributed by atoms with Gasteiger partial charge >= 0.3 is 0 Å². The highest BCUT2D eigenvalue weighted by atomic mass is 79.9. The van der Waals surface area contributed by atoms with E-state index >= 15 is 0 Å². The van der Waals surface area contributed by atoms with E-state index < -0.39 is 0 Å². The van der Waals surface area contributed by atoms with Crippen LogP contribution in [0.4, 0.5) is 10.1 Å². The lowest BCUT2D eigenvalue weighted by molar-refractivity contribution is 0.613. The minimum absolute atomic E-state index is 0.188. The van der Waals surface area contributed by atoms with Gasteiger partial charge in [-0.1, -0.05) is 6.07 Å². The fraction of sp³-hybridized carbons (Fsp3) is 0.231. The summed E-state index contributed by atoms with van der Waals surface area (Å²) in [5.74, 6) is -0.327. The van der Waals surface area contributed by atoms with Crippen molar-refractivity contribution >= 4 is 21.6 Å². The van der Waals surface area contributed by atoms with Gasteiger partial charge in [-0.2, -0.15) is 5.10 Å². The van der Waals surface area contributed by atoms with Crippen LogP contribution in [0.3, 0.4) is 0 Å². The Morgan fingerprint density at radius 2 is 2.11 bits per heavy atom. The molecule has 0 fully saturated rings. The van der Waals surface area contributed by atoms with E-state index in [2.05, 4.69) is 21.0 Å². The lowest BCUT2D eigenvalue weighted by Crippen LogP contribution is -2.24. The molecule has 0 aliphatic rings. The van der Waals surface area contributed by atoms with E-state index in [4.69, 9.17) is 0 Å². The summed E-state index contributed by atoms with van der Waals surface area (Å²) in [5, 5.41) is 4.10. The lowest BCUT2D eigenvalue weighted by Gasteiger charge is -2.12. The van der Waals surface area contributed by atoms with E-state index in [0.717, 1.165) is 11.3 Å². The number of benzene rings is 1. The highest BCUT2D eigenvalue weighted by Gasteiger charge is 2.05. The zero-order valence-corrected chi connectivity index (χ0v) is 12.2. The third-order valence-corrected chi connectivity index (χ3v) is 3.30. The van der Waals surface area contributed by atoms with E-state index in [1.807, 2.05) is 19.0 Å². The summed E-state index contributed by atoms with van der Waals surface area (Å²) < 4.78 is 14.8. The summed E-state index contributed by atoms with van der Waals surface area (Å²) >= 11 is 3.12. The van der Waals surface area contributed by atoms with Crippen molar-refractivity contribution in [2.75, 3.05) is 19.0 Å². The first-order chi connectivity index (χ1) is 8.97. The molecule has 0 saturated carbocycles. The van der Waals surface area contributed by atoms with Gasteiger partial charge in [0.25, 0.3) is 5.56 Å². The SMILES string of the molecule is CN(C)c1cnn(Cc2ccc(F)c(Br)c2)c(=O)c1. The quantitative estimate of drug-likeness (QED) is 0.868. The van der Waals surface area contributed by atoms with Crippen LogP contribution in [-0.4, -0.2) is 23.9 Å². The molecule has 0 atom stereocenters. The summed E-state index contributed by atoms with van der Waals surface area (Å²) in [4.78, 5) is 13.7. The maximum atomic E-state index is 13.1. The molecule has 0 amide bonds. The Balaban J connectivity index is 2.28. The zero-order valence-electron chi connectivity index (χ0n) is 10.6. The molecular formula is C13H13BrFN3O. The van der Waals surface area contributed by atoms with Crippen LogP contribution in [0, 0.1) is 5.82 Å². The molecule has 1 aromatic carbocycles. The summed E-state index contributed by atoms with van der Waals surface area (Å²) in [5.41, 5.74) is 1.37. The predicted molar refractivity (Wildman–Crippen MR) is 76.0 cm³/mol. The van der Waals surface area contributed by atoms with Gasteiger partial charge in [0.15, 0.2) is 0 Å². The Morgan fingerprint density at radius 1 is 1.37 bits per heavy atom. The van der Waals surface area contributed by atoms with Crippen molar-refractivity contribution in [2.24, 2.45) is 0 Å². The van der Waals surface area contributed by atoms with Gasteiger partial charge in [0.1, 0.15) is 5.82 Å². The molecule has 1 heterocycles. The monoisotopic (exact) mass is 325 g/mol. The maximum Gasteiger partial charge on any atom is 0.269 e. The minimum Gasteiger partial charge on any atom is -0.376 e. The van der Waals surface area contributed by atoms with Crippen LogP contribution in [0.2, 0.25) is 0 Å². The van der Waals surface area contributed by atoms with Crippen molar-refractivity contribution in [2.45, 2.75) is 6.54 Å². The van der Waals surface area contributed by atoms with Gasteiger partial charge in [-0.25, -0.2) is 9.07 Å². The molecule has 0 bridgehead atoms. The van der Waals surface area contributed by atoms with Gasteiger partial charge < -0.3 is 4.90 Å². The molecule has 0 radical (unpaired) electrons. The van der Waals surface area contributed by atoms with E-state index in [1.165, 1.54) is 16.8 Å². The number of rotatable bonds is 3. The highest BCUT2D eigenvalue weighted by molar-refractivity contribution is 9.10. The second kappa shape index (κ2) is 5.52. The largest absolute Gasteiger partial charge is 0.376 e. The summed E-state index contributed by atoms with van der Waals surface area (Å²) in [6, 6.07) is 6.15. The molecule has 0 spiro atoms. The topological polar surface area (TPSA) is 38.1 Å². The summed E-state index contributed by atoms with van der Waals surface area (Å²) in [6.45, 7) is 0.311. The van der Waals surface area contributed by atoms with E-state index in [1.54, 1.807) is 18.3 Å². The van der Waals surface area contributed by atoms with Crippen LogP contribution in [0.15, 0.2) is 39.7 Å². The Labute approximate surface area is 118 Å². The summed E-state index contributed by atoms with van der Waals surface area (Å²) in [7, 11) is 3.69. The fourth-order valence-corrected chi connectivity index (χ4v) is 2.02.